The van der Waals surface area contributed by atoms with Gasteiger partial charge in [0.1, 0.15) is 7.11 Å². The summed E-state index contributed by atoms with van der Waals surface area (Å²) in [4.78, 5) is 46.0. The van der Waals surface area contributed by atoms with Crippen LogP contribution in [0.5, 0.6) is 0 Å². The van der Waals surface area contributed by atoms with Gasteiger partial charge in [0.2, 0.25) is 0 Å². The first-order valence-corrected chi connectivity index (χ1v) is 5.71. The van der Waals surface area contributed by atoms with Gasteiger partial charge in [0.05, 0.1) is 5.69 Å². The molecule has 0 heterocycles. The lowest BCUT2D eigenvalue weighted by atomic mass is 9.96. The van der Waals surface area contributed by atoms with Crippen molar-refractivity contribution in [3.8, 4) is 0 Å². The number of benzene rings is 1. The Morgan fingerprint density at radius 3 is 1.70 bits per heavy atom. The standard InChI is InChI=1S/C14H14NO5/c1-7(16)10-5-11(8(2)17)13(15-14(19)20-4)12(6-10)9(3)18/h5-6H,4H2,1-3H3,(H,15,19). The Morgan fingerprint density at radius 1 is 0.950 bits per heavy atom. The van der Waals surface area contributed by atoms with Crippen molar-refractivity contribution < 1.29 is 23.9 Å². The number of ketones is 3. The van der Waals surface area contributed by atoms with Crippen LogP contribution in [0.2, 0.25) is 0 Å². The molecule has 1 amide bonds. The van der Waals surface area contributed by atoms with Gasteiger partial charge >= 0.3 is 6.09 Å². The van der Waals surface area contributed by atoms with E-state index in [4.69, 9.17) is 0 Å². The van der Waals surface area contributed by atoms with Gasteiger partial charge in [0.25, 0.3) is 0 Å². The first kappa shape index (κ1) is 15.6. The maximum atomic E-state index is 11.7. The van der Waals surface area contributed by atoms with Gasteiger partial charge in [-0.3, -0.25) is 19.7 Å². The van der Waals surface area contributed by atoms with E-state index in [1.165, 1.54) is 32.9 Å². The summed E-state index contributed by atoms with van der Waals surface area (Å²) in [5, 5.41) is 2.28. The zero-order chi connectivity index (χ0) is 15.4. The largest absolute Gasteiger partial charge is 0.446 e. The predicted molar refractivity (Wildman–Crippen MR) is 71.9 cm³/mol. The molecule has 0 fully saturated rings. The highest BCUT2D eigenvalue weighted by atomic mass is 16.5. The fourth-order valence-electron chi connectivity index (χ4n) is 1.67. The van der Waals surface area contributed by atoms with Crippen molar-refractivity contribution in [3.05, 3.63) is 35.9 Å². The molecule has 0 aromatic heterocycles. The molecule has 0 saturated heterocycles. The van der Waals surface area contributed by atoms with Crippen LogP contribution in [0.25, 0.3) is 0 Å². The molecule has 6 heteroatoms. The summed E-state index contributed by atoms with van der Waals surface area (Å²) < 4.78 is 4.21. The minimum absolute atomic E-state index is 0.0173. The van der Waals surface area contributed by atoms with Crippen LogP contribution in [0.15, 0.2) is 12.1 Å². The Bertz CT molecular complexity index is 569. The maximum absolute atomic E-state index is 11.7. The number of carbonyl (C=O) groups excluding carboxylic acids is 4. The molecule has 0 saturated carbocycles. The summed E-state index contributed by atoms with van der Waals surface area (Å²) in [5.74, 6) is -1.08. The third-order valence-electron chi connectivity index (χ3n) is 2.66. The van der Waals surface area contributed by atoms with Crippen molar-refractivity contribution in [3.63, 3.8) is 0 Å². The zero-order valence-corrected chi connectivity index (χ0v) is 11.4. The van der Waals surface area contributed by atoms with Crippen molar-refractivity contribution in [2.24, 2.45) is 0 Å². The normalized spacial score (nSPS) is 9.80. The van der Waals surface area contributed by atoms with E-state index in [0.29, 0.717) is 0 Å². The van der Waals surface area contributed by atoms with E-state index in [9.17, 15) is 19.2 Å². The van der Waals surface area contributed by atoms with Crippen molar-refractivity contribution in [1.29, 1.82) is 0 Å². The number of Topliss-reactive ketones (excluding diaryl/α,β-unsaturated/α-hetero) is 3. The van der Waals surface area contributed by atoms with Crippen molar-refractivity contribution >= 4 is 29.1 Å². The number of nitrogens with one attached hydrogen (secondary N) is 1. The molecule has 0 aliphatic rings. The highest BCUT2D eigenvalue weighted by Crippen LogP contribution is 2.25. The van der Waals surface area contributed by atoms with Gasteiger partial charge in [-0.25, -0.2) is 4.79 Å². The Balaban J connectivity index is 3.59. The molecule has 1 aromatic rings. The minimum Gasteiger partial charge on any atom is -0.446 e. The van der Waals surface area contributed by atoms with Crippen molar-refractivity contribution in [2.75, 3.05) is 5.32 Å². The molecule has 0 aliphatic heterocycles. The SMILES string of the molecule is [CH2]OC(=O)Nc1c(C(C)=O)cc(C(C)=O)cc1C(C)=O. The number of ether oxygens (including phenoxy) is 1. The van der Waals surface area contributed by atoms with Crippen molar-refractivity contribution in [2.45, 2.75) is 20.8 Å². The molecule has 0 atom stereocenters. The second-order valence-corrected chi connectivity index (χ2v) is 4.17. The molecule has 1 aromatic carbocycles. The highest BCUT2D eigenvalue weighted by molar-refractivity contribution is 6.13. The Kier molecular flexibility index (Phi) is 4.74. The predicted octanol–water partition coefficient (Wildman–Crippen LogP) is 2.63. The third kappa shape index (κ3) is 3.28. The van der Waals surface area contributed by atoms with Gasteiger partial charge in [-0.15, -0.1) is 0 Å². The molecule has 0 bridgehead atoms. The fourth-order valence-corrected chi connectivity index (χ4v) is 1.67. The zero-order valence-electron chi connectivity index (χ0n) is 11.4. The number of rotatable bonds is 4. The fraction of sp³-hybridized carbons (Fsp3) is 0.214. The van der Waals surface area contributed by atoms with E-state index in [1.807, 2.05) is 0 Å². The lowest BCUT2D eigenvalue weighted by molar-refractivity contribution is 0.101. The summed E-state index contributed by atoms with van der Waals surface area (Å²) in [6.07, 6.45) is -0.912. The van der Waals surface area contributed by atoms with E-state index in [2.05, 4.69) is 17.2 Å². The second kappa shape index (κ2) is 6.10. The minimum atomic E-state index is -0.912. The van der Waals surface area contributed by atoms with Gasteiger partial charge < -0.3 is 4.74 Å². The van der Waals surface area contributed by atoms with Crippen LogP contribution in [0.4, 0.5) is 10.5 Å². The molecule has 6 nitrogen and oxygen atoms in total. The van der Waals surface area contributed by atoms with Crippen LogP contribution >= 0.6 is 0 Å². The van der Waals surface area contributed by atoms with Gasteiger partial charge in [-0.05, 0) is 32.9 Å². The van der Waals surface area contributed by atoms with Crippen LogP contribution in [0, 0.1) is 7.11 Å². The van der Waals surface area contributed by atoms with Crippen LogP contribution in [0.1, 0.15) is 51.8 Å². The van der Waals surface area contributed by atoms with E-state index in [0.717, 1.165) is 0 Å². The molecule has 1 rings (SSSR count). The molecule has 0 aliphatic carbocycles. The molecule has 1 N–H and O–H groups in total. The van der Waals surface area contributed by atoms with E-state index >= 15 is 0 Å². The number of hydrogen-bond donors (Lipinski definition) is 1. The number of amides is 1. The number of carbonyl (C=O) groups is 4. The Labute approximate surface area is 116 Å². The first-order chi connectivity index (χ1) is 9.27. The summed E-state index contributed by atoms with van der Waals surface area (Å²) >= 11 is 0. The molecular formula is C14H14NO5. The third-order valence-corrected chi connectivity index (χ3v) is 2.66. The van der Waals surface area contributed by atoms with Crippen LogP contribution in [0.3, 0.4) is 0 Å². The van der Waals surface area contributed by atoms with Gasteiger partial charge in [-0.1, -0.05) is 0 Å². The Morgan fingerprint density at radius 2 is 1.40 bits per heavy atom. The highest BCUT2D eigenvalue weighted by Gasteiger charge is 2.20. The average Bonchev–Trinajstić information content (AvgIpc) is 2.37. The van der Waals surface area contributed by atoms with Crippen LogP contribution < -0.4 is 5.32 Å². The molecule has 105 valence electrons. The number of hydrogen-bond acceptors (Lipinski definition) is 5. The molecular weight excluding hydrogens is 262 g/mol. The van der Waals surface area contributed by atoms with Gasteiger partial charge in [0.15, 0.2) is 17.3 Å². The topological polar surface area (TPSA) is 89.5 Å². The molecule has 0 spiro atoms. The first-order valence-electron chi connectivity index (χ1n) is 5.71. The van der Waals surface area contributed by atoms with Gasteiger partial charge in [-0.2, -0.15) is 0 Å². The smallest absolute Gasteiger partial charge is 0.411 e. The maximum Gasteiger partial charge on any atom is 0.411 e. The monoisotopic (exact) mass is 276 g/mol. The van der Waals surface area contributed by atoms with E-state index < -0.39 is 17.7 Å². The lowest BCUT2D eigenvalue weighted by Gasteiger charge is -2.13. The quantitative estimate of drug-likeness (QED) is 0.854. The molecule has 1 radical (unpaired) electrons. The van der Waals surface area contributed by atoms with Crippen LogP contribution in [-0.2, 0) is 4.74 Å². The average molecular weight is 276 g/mol. The Hall–Kier alpha value is -2.50. The van der Waals surface area contributed by atoms with Gasteiger partial charge in [0, 0.05) is 16.7 Å². The summed E-state index contributed by atoms with van der Waals surface area (Å²) in [6, 6.07) is 2.66. The molecule has 20 heavy (non-hydrogen) atoms. The summed E-state index contributed by atoms with van der Waals surface area (Å²) in [5.41, 5.74) is 0.360. The van der Waals surface area contributed by atoms with E-state index in [-0.39, 0.29) is 28.2 Å². The second-order valence-electron chi connectivity index (χ2n) is 4.17. The van der Waals surface area contributed by atoms with Crippen molar-refractivity contribution in [1.82, 2.24) is 0 Å². The summed E-state index contributed by atoms with van der Waals surface area (Å²) in [6.45, 7) is 3.86. The summed E-state index contributed by atoms with van der Waals surface area (Å²) in [7, 11) is 2.94. The lowest BCUT2D eigenvalue weighted by Crippen LogP contribution is -2.17. The van der Waals surface area contributed by atoms with Crippen LogP contribution in [-0.4, -0.2) is 23.4 Å². The number of anilines is 1. The van der Waals surface area contributed by atoms with E-state index in [1.54, 1.807) is 0 Å². The molecule has 0 unspecified atom stereocenters.